The Morgan fingerprint density at radius 3 is 0.656 bits per heavy atom. The molecular weight excluding hydrogens is 785 g/mol. The van der Waals surface area contributed by atoms with Crippen LogP contribution < -0.4 is 0 Å². The lowest BCUT2D eigenvalue weighted by molar-refractivity contribution is 0.0408. The Labute approximate surface area is 400 Å². The van der Waals surface area contributed by atoms with Gasteiger partial charge in [-0.1, -0.05) is 285 Å². The second kappa shape index (κ2) is 47.6. The molecule has 2 atom stereocenters. The molecule has 4 heteroatoms. The molecular formula is C60H110O4. The Hall–Kier alpha value is -1.84. The monoisotopic (exact) mass is 895 g/mol. The van der Waals surface area contributed by atoms with Gasteiger partial charge in [-0.25, -0.2) is 9.59 Å². The van der Waals surface area contributed by atoms with Crippen molar-refractivity contribution in [3.63, 3.8) is 0 Å². The van der Waals surface area contributed by atoms with E-state index in [1.54, 1.807) is 24.3 Å². The van der Waals surface area contributed by atoms with E-state index in [0.29, 0.717) is 36.2 Å². The predicted octanol–water partition coefficient (Wildman–Crippen LogP) is 20.5. The highest BCUT2D eigenvalue weighted by molar-refractivity contribution is 5.93. The van der Waals surface area contributed by atoms with Crippen LogP contribution in [0.15, 0.2) is 24.3 Å². The summed E-state index contributed by atoms with van der Waals surface area (Å²) in [6.07, 6.45) is 58.4. The van der Waals surface area contributed by atoms with E-state index in [0.717, 1.165) is 25.7 Å². The highest BCUT2D eigenvalue weighted by Crippen LogP contribution is 2.23. The van der Waals surface area contributed by atoms with Gasteiger partial charge in [-0.05, 0) is 61.8 Å². The number of unbranched alkanes of at least 4 members (excludes halogenated alkanes) is 36. The predicted molar refractivity (Wildman–Crippen MR) is 280 cm³/mol. The molecule has 2 unspecified atom stereocenters. The minimum Gasteiger partial charge on any atom is -0.462 e. The van der Waals surface area contributed by atoms with Crippen molar-refractivity contribution in [2.45, 2.75) is 310 Å². The molecule has 1 rings (SSSR count). The van der Waals surface area contributed by atoms with Crippen LogP contribution in [0.25, 0.3) is 0 Å². The Morgan fingerprint density at radius 2 is 0.469 bits per heavy atom. The van der Waals surface area contributed by atoms with Crippen LogP contribution >= 0.6 is 0 Å². The SMILES string of the molecule is CCCCCCCCCCCCCC(CCCCCCCCCCC)COC(=O)c1ccc(C(=O)OCC(CCCCCCCCCCC)CCCCCCCCCCCCC)cc1. The van der Waals surface area contributed by atoms with Gasteiger partial charge in [0.15, 0.2) is 0 Å². The molecule has 0 saturated carbocycles. The van der Waals surface area contributed by atoms with Crippen molar-refractivity contribution in [1.29, 1.82) is 0 Å². The van der Waals surface area contributed by atoms with Gasteiger partial charge in [0.2, 0.25) is 0 Å². The van der Waals surface area contributed by atoms with Gasteiger partial charge in [0.05, 0.1) is 24.3 Å². The zero-order valence-electron chi connectivity index (χ0n) is 43.6. The molecule has 0 amide bonds. The molecule has 0 aliphatic carbocycles. The maximum absolute atomic E-state index is 13.3. The molecule has 0 heterocycles. The van der Waals surface area contributed by atoms with Crippen molar-refractivity contribution in [2.24, 2.45) is 11.8 Å². The first kappa shape index (κ1) is 60.2. The van der Waals surface area contributed by atoms with Gasteiger partial charge < -0.3 is 9.47 Å². The summed E-state index contributed by atoms with van der Waals surface area (Å²) in [6, 6.07) is 7.01. The number of carbonyl (C=O) groups is 2. The van der Waals surface area contributed by atoms with Crippen molar-refractivity contribution in [1.82, 2.24) is 0 Å². The van der Waals surface area contributed by atoms with E-state index in [2.05, 4.69) is 27.7 Å². The second-order valence-corrected chi connectivity index (χ2v) is 20.4. The molecule has 374 valence electrons. The quantitative estimate of drug-likeness (QED) is 0.0483. The van der Waals surface area contributed by atoms with Gasteiger partial charge in [0, 0.05) is 0 Å². The smallest absolute Gasteiger partial charge is 0.338 e. The molecule has 1 aromatic rings. The third-order valence-electron chi connectivity index (χ3n) is 14.1. The van der Waals surface area contributed by atoms with Crippen LogP contribution in [0, 0.1) is 11.8 Å². The highest BCUT2D eigenvalue weighted by atomic mass is 16.5. The molecule has 0 N–H and O–H groups in total. The van der Waals surface area contributed by atoms with E-state index in [1.165, 1.54) is 257 Å². The molecule has 0 aliphatic rings. The van der Waals surface area contributed by atoms with Crippen LogP contribution in [-0.4, -0.2) is 25.2 Å². The lowest BCUT2D eigenvalue weighted by atomic mass is 9.94. The first-order valence-electron chi connectivity index (χ1n) is 29.0. The number of rotatable bonds is 50. The summed E-state index contributed by atoms with van der Waals surface area (Å²) < 4.78 is 11.9. The molecule has 1 aromatic carbocycles. The van der Waals surface area contributed by atoms with Crippen LogP contribution in [0.3, 0.4) is 0 Å². The minimum absolute atomic E-state index is 0.274. The molecule has 0 aromatic heterocycles. The van der Waals surface area contributed by atoms with Gasteiger partial charge in [0.25, 0.3) is 0 Å². The minimum atomic E-state index is -0.274. The normalized spacial score (nSPS) is 12.4. The number of hydrogen-bond acceptors (Lipinski definition) is 4. The highest BCUT2D eigenvalue weighted by Gasteiger charge is 2.17. The zero-order chi connectivity index (χ0) is 46.2. The fraction of sp³-hybridized carbons (Fsp3) is 0.867. The summed E-state index contributed by atoms with van der Waals surface area (Å²) in [5.41, 5.74) is 1.04. The van der Waals surface area contributed by atoms with Crippen LogP contribution in [0.1, 0.15) is 331 Å². The standard InChI is InChI=1S/C60H110O4/c1-5-9-13-17-21-25-27-31-35-39-43-47-55(45-41-37-33-29-23-19-15-11-7-3)53-63-59(61)57-49-51-58(52-50-57)60(62)64-54-56(46-42-38-34-30-24-20-16-12-8-4)48-44-40-36-32-28-26-22-18-14-10-6-2/h49-52,55-56H,5-48,53-54H2,1-4H3. The topological polar surface area (TPSA) is 52.6 Å². The van der Waals surface area contributed by atoms with Gasteiger partial charge in [-0.2, -0.15) is 0 Å². The molecule has 0 spiro atoms. The lowest BCUT2D eigenvalue weighted by Crippen LogP contribution is -2.16. The Kier molecular flexibility index (Phi) is 44.8. The number of benzene rings is 1. The Bertz CT molecular complexity index is 1030. The van der Waals surface area contributed by atoms with Gasteiger partial charge in [-0.3, -0.25) is 0 Å². The Balaban J connectivity index is 2.59. The fourth-order valence-corrected chi connectivity index (χ4v) is 9.60. The molecule has 64 heavy (non-hydrogen) atoms. The third kappa shape index (κ3) is 38.3. The van der Waals surface area contributed by atoms with Gasteiger partial charge in [0.1, 0.15) is 0 Å². The number of ether oxygens (including phenoxy) is 2. The maximum Gasteiger partial charge on any atom is 0.338 e. The lowest BCUT2D eigenvalue weighted by Gasteiger charge is -2.18. The summed E-state index contributed by atoms with van der Waals surface area (Å²) in [5.74, 6) is 0.303. The first-order valence-corrected chi connectivity index (χ1v) is 29.0. The average Bonchev–Trinajstić information content (AvgIpc) is 3.31. The van der Waals surface area contributed by atoms with E-state index in [9.17, 15) is 9.59 Å². The van der Waals surface area contributed by atoms with E-state index in [4.69, 9.17) is 9.47 Å². The maximum atomic E-state index is 13.3. The van der Waals surface area contributed by atoms with Crippen molar-refractivity contribution >= 4 is 11.9 Å². The van der Waals surface area contributed by atoms with Gasteiger partial charge >= 0.3 is 11.9 Å². The summed E-state index contributed by atoms with van der Waals surface area (Å²) in [6.45, 7) is 10.1. The fourth-order valence-electron chi connectivity index (χ4n) is 9.60. The van der Waals surface area contributed by atoms with Crippen molar-refractivity contribution in [3.8, 4) is 0 Å². The molecule has 4 nitrogen and oxygen atoms in total. The summed E-state index contributed by atoms with van der Waals surface area (Å²) in [5, 5.41) is 0. The van der Waals surface area contributed by atoms with E-state index >= 15 is 0 Å². The van der Waals surface area contributed by atoms with E-state index < -0.39 is 0 Å². The number of esters is 2. The average molecular weight is 896 g/mol. The number of hydrogen-bond donors (Lipinski definition) is 0. The van der Waals surface area contributed by atoms with Crippen molar-refractivity contribution in [2.75, 3.05) is 13.2 Å². The van der Waals surface area contributed by atoms with Crippen LogP contribution in [0.4, 0.5) is 0 Å². The Morgan fingerprint density at radius 1 is 0.297 bits per heavy atom. The van der Waals surface area contributed by atoms with Crippen LogP contribution in [0.2, 0.25) is 0 Å². The number of carbonyl (C=O) groups excluding carboxylic acids is 2. The van der Waals surface area contributed by atoms with E-state index in [-0.39, 0.29) is 11.9 Å². The zero-order valence-corrected chi connectivity index (χ0v) is 43.6. The van der Waals surface area contributed by atoms with Crippen molar-refractivity contribution < 1.29 is 19.1 Å². The van der Waals surface area contributed by atoms with E-state index in [1.807, 2.05) is 0 Å². The molecule has 0 saturated heterocycles. The summed E-state index contributed by atoms with van der Waals surface area (Å²) >= 11 is 0. The molecule has 0 radical (unpaired) electrons. The third-order valence-corrected chi connectivity index (χ3v) is 14.1. The molecule has 0 aliphatic heterocycles. The first-order chi connectivity index (χ1) is 31.5. The van der Waals surface area contributed by atoms with Gasteiger partial charge in [-0.15, -0.1) is 0 Å². The summed E-state index contributed by atoms with van der Waals surface area (Å²) in [7, 11) is 0. The van der Waals surface area contributed by atoms with Crippen molar-refractivity contribution in [3.05, 3.63) is 35.4 Å². The summed E-state index contributed by atoms with van der Waals surface area (Å²) in [4.78, 5) is 26.5. The molecule has 0 fully saturated rings. The second-order valence-electron chi connectivity index (χ2n) is 20.4. The largest absolute Gasteiger partial charge is 0.462 e. The molecule has 0 bridgehead atoms. The van der Waals surface area contributed by atoms with Crippen LogP contribution in [-0.2, 0) is 9.47 Å². The van der Waals surface area contributed by atoms with Crippen LogP contribution in [0.5, 0.6) is 0 Å².